The molecule has 114 valence electrons. The van der Waals surface area contributed by atoms with Crippen LogP contribution in [-0.4, -0.2) is 35.8 Å². The highest BCUT2D eigenvalue weighted by Crippen LogP contribution is 2.26. The van der Waals surface area contributed by atoms with Gasteiger partial charge < -0.3 is 9.80 Å². The van der Waals surface area contributed by atoms with E-state index < -0.39 is 11.5 Å². The zero-order valence-electron chi connectivity index (χ0n) is 13.5. The predicted molar refractivity (Wildman–Crippen MR) is 84.2 cm³/mol. The summed E-state index contributed by atoms with van der Waals surface area (Å²) in [5, 5.41) is 0. The van der Waals surface area contributed by atoms with Gasteiger partial charge in [0.15, 0.2) is 0 Å². The smallest absolute Gasteiger partial charge is 0.249 e. The third kappa shape index (κ3) is 2.94. The summed E-state index contributed by atoms with van der Waals surface area (Å²) in [7, 11) is 0. The maximum absolute atomic E-state index is 12.7. The second-order valence-corrected chi connectivity index (χ2v) is 6.70. The average molecular weight is 288 g/mol. The average Bonchev–Trinajstić information content (AvgIpc) is 2.41. The molecule has 1 aromatic rings. The fourth-order valence-corrected chi connectivity index (χ4v) is 2.68. The molecule has 1 fully saturated rings. The first-order valence-electron chi connectivity index (χ1n) is 7.41. The van der Waals surface area contributed by atoms with E-state index in [0.29, 0.717) is 13.1 Å². The molecule has 4 heteroatoms. The Morgan fingerprint density at radius 3 is 2.38 bits per heavy atom. The number of carbonyl (C=O) groups is 2. The summed E-state index contributed by atoms with van der Waals surface area (Å²) in [5.74, 6) is 0.0286. The van der Waals surface area contributed by atoms with Crippen LogP contribution in [0.5, 0.6) is 0 Å². The Bertz CT molecular complexity index is 560. The molecule has 1 saturated heterocycles. The number of rotatable bonds is 1. The van der Waals surface area contributed by atoms with E-state index in [1.165, 1.54) is 0 Å². The molecular weight excluding hydrogens is 264 g/mol. The lowest BCUT2D eigenvalue weighted by Gasteiger charge is -2.41. The van der Waals surface area contributed by atoms with E-state index >= 15 is 0 Å². The van der Waals surface area contributed by atoms with Gasteiger partial charge in [0.1, 0.15) is 6.04 Å². The molecule has 1 aliphatic heterocycles. The van der Waals surface area contributed by atoms with Gasteiger partial charge in [0.05, 0.1) is 0 Å². The van der Waals surface area contributed by atoms with Gasteiger partial charge in [-0.25, -0.2) is 0 Å². The molecule has 21 heavy (non-hydrogen) atoms. The van der Waals surface area contributed by atoms with Crippen molar-refractivity contribution in [2.24, 2.45) is 5.41 Å². The molecule has 0 aromatic heterocycles. The SMILES string of the molecule is Cc1ccccc1N1CCN(C(=O)C(C)(C)C)C(C)C1=O. The molecule has 1 aromatic carbocycles. The van der Waals surface area contributed by atoms with Crippen LogP contribution in [0.15, 0.2) is 24.3 Å². The Hall–Kier alpha value is -1.84. The highest BCUT2D eigenvalue weighted by molar-refractivity contribution is 6.01. The van der Waals surface area contributed by atoms with Crippen LogP contribution in [0.25, 0.3) is 0 Å². The Labute approximate surface area is 126 Å². The summed E-state index contributed by atoms with van der Waals surface area (Å²) >= 11 is 0. The minimum atomic E-state index is -0.459. The van der Waals surface area contributed by atoms with Gasteiger partial charge in [-0.05, 0) is 25.5 Å². The van der Waals surface area contributed by atoms with Crippen molar-refractivity contribution in [2.45, 2.75) is 40.7 Å². The van der Waals surface area contributed by atoms with Crippen LogP contribution < -0.4 is 4.90 Å². The number of carbonyl (C=O) groups excluding carboxylic acids is 2. The summed E-state index contributed by atoms with van der Waals surface area (Å²) in [6.45, 7) is 10.6. The zero-order valence-corrected chi connectivity index (χ0v) is 13.5. The first-order valence-corrected chi connectivity index (χ1v) is 7.41. The summed E-state index contributed by atoms with van der Waals surface area (Å²) in [6, 6.07) is 7.45. The van der Waals surface area contributed by atoms with Gasteiger partial charge in [-0.15, -0.1) is 0 Å². The van der Waals surface area contributed by atoms with E-state index in [4.69, 9.17) is 0 Å². The summed E-state index contributed by atoms with van der Waals surface area (Å²) < 4.78 is 0. The third-order valence-electron chi connectivity index (χ3n) is 3.96. The Morgan fingerprint density at radius 2 is 1.81 bits per heavy atom. The van der Waals surface area contributed by atoms with E-state index in [1.807, 2.05) is 58.9 Å². The van der Waals surface area contributed by atoms with Crippen molar-refractivity contribution in [1.29, 1.82) is 0 Å². The molecule has 0 N–H and O–H groups in total. The molecule has 2 rings (SSSR count). The van der Waals surface area contributed by atoms with Crippen LogP contribution in [0.2, 0.25) is 0 Å². The number of para-hydroxylation sites is 1. The molecule has 0 radical (unpaired) electrons. The molecule has 1 unspecified atom stereocenters. The number of nitrogens with zero attached hydrogens (tertiary/aromatic N) is 2. The van der Waals surface area contributed by atoms with Crippen molar-refractivity contribution < 1.29 is 9.59 Å². The lowest BCUT2D eigenvalue weighted by molar-refractivity contribution is -0.147. The van der Waals surface area contributed by atoms with Crippen molar-refractivity contribution in [3.63, 3.8) is 0 Å². The number of amides is 2. The standard InChI is InChI=1S/C17H24N2O2/c1-12-8-6-7-9-14(12)19-11-10-18(13(2)15(19)20)16(21)17(3,4)5/h6-9,13H,10-11H2,1-5H3. The van der Waals surface area contributed by atoms with E-state index in [9.17, 15) is 9.59 Å². The normalized spacial score (nSPS) is 19.9. The maximum Gasteiger partial charge on any atom is 0.249 e. The molecule has 0 spiro atoms. The van der Waals surface area contributed by atoms with Gasteiger partial charge in [-0.3, -0.25) is 9.59 Å². The predicted octanol–water partition coefficient (Wildman–Crippen LogP) is 2.60. The lowest BCUT2D eigenvalue weighted by Crippen LogP contribution is -2.59. The van der Waals surface area contributed by atoms with Gasteiger partial charge in [0.25, 0.3) is 0 Å². The molecule has 1 heterocycles. The van der Waals surface area contributed by atoms with Gasteiger partial charge in [-0.2, -0.15) is 0 Å². The van der Waals surface area contributed by atoms with Crippen LogP contribution in [0.4, 0.5) is 5.69 Å². The number of aryl methyl sites for hydroxylation is 1. The molecule has 1 aliphatic rings. The number of hydrogen-bond acceptors (Lipinski definition) is 2. The van der Waals surface area contributed by atoms with E-state index in [-0.39, 0.29) is 11.8 Å². The first-order chi connectivity index (χ1) is 9.73. The number of hydrogen-bond donors (Lipinski definition) is 0. The van der Waals surface area contributed by atoms with Crippen LogP contribution in [0, 0.1) is 12.3 Å². The lowest BCUT2D eigenvalue weighted by atomic mass is 9.93. The molecule has 0 aliphatic carbocycles. The summed E-state index contributed by atoms with van der Waals surface area (Å²) in [4.78, 5) is 28.6. The molecule has 0 bridgehead atoms. The molecule has 4 nitrogen and oxygen atoms in total. The van der Waals surface area contributed by atoms with Crippen LogP contribution in [0.1, 0.15) is 33.3 Å². The molecule has 0 saturated carbocycles. The highest BCUT2D eigenvalue weighted by Gasteiger charge is 2.38. The number of benzene rings is 1. The first kappa shape index (κ1) is 15.5. The van der Waals surface area contributed by atoms with Gasteiger partial charge in [-0.1, -0.05) is 39.0 Å². The minimum Gasteiger partial charge on any atom is -0.329 e. The van der Waals surface area contributed by atoms with Crippen molar-refractivity contribution in [3.8, 4) is 0 Å². The molecular formula is C17H24N2O2. The minimum absolute atomic E-state index is 0.00634. The Morgan fingerprint density at radius 1 is 1.19 bits per heavy atom. The third-order valence-corrected chi connectivity index (χ3v) is 3.96. The van der Waals surface area contributed by atoms with Gasteiger partial charge in [0, 0.05) is 24.2 Å². The van der Waals surface area contributed by atoms with E-state index in [0.717, 1.165) is 11.3 Å². The Kier molecular flexibility index (Phi) is 4.08. The van der Waals surface area contributed by atoms with Crippen molar-refractivity contribution in [2.75, 3.05) is 18.0 Å². The fourth-order valence-electron chi connectivity index (χ4n) is 2.68. The second kappa shape index (κ2) is 5.51. The summed E-state index contributed by atoms with van der Waals surface area (Å²) in [5.41, 5.74) is 1.56. The van der Waals surface area contributed by atoms with Crippen molar-refractivity contribution >= 4 is 17.5 Å². The van der Waals surface area contributed by atoms with Crippen molar-refractivity contribution in [1.82, 2.24) is 4.90 Å². The van der Waals surface area contributed by atoms with E-state index in [2.05, 4.69) is 0 Å². The quantitative estimate of drug-likeness (QED) is 0.797. The van der Waals surface area contributed by atoms with Crippen LogP contribution in [0.3, 0.4) is 0 Å². The van der Waals surface area contributed by atoms with E-state index in [1.54, 1.807) is 9.80 Å². The fraction of sp³-hybridized carbons (Fsp3) is 0.529. The second-order valence-electron chi connectivity index (χ2n) is 6.70. The number of piperazine rings is 1. The monoisotopic (exact) mass is 288 g/mol. The van der Waals surface area contributed by atoms with Gasteiger partial charge >= 0.3 is 0 Å². The largest absolute Gasteiger partial charge is 0.329 e. The zero-order chi connectivity index (χ0) is 15.8. The van der Waals surface area contributed by atoms with Gasteiger partial charge in [0.2, 0.25) is 11.8 Å². The van der Waals surface area contributed by atoms with Crippen LogP contribution >= 0.6 is 0 Å². The topological polar surface area (TPSA) is 40.6 Å². The molecule has 1 atom stereocenters. The maximum atomic E-state index is 12.7. The summed E-state index contributed by atoms with van der Waals surface area (Å²) in [6.07, 6.45) is 0. The Balaban J connectivity index is 2.23. The highest BCUT2D eigenvalue weighted by atomic mass is 16.2. The van der Waals surface area contributed by atoms with Crippen LogP contribution in [-0.2, 0) is 9.59 Å². The van der Waals surface area contributed by atoms with Crippen molar-refractivity contribution in [3.05, 3.63) is 29.8 Å². The molecule has 2 amide bonds. The number of anilines is 1.